The lowest BCUT2D eigenvalue weighted by atomic mass is 9.95. The first kappa shape index (κ1) is 19.3. The molecule has 4 rings (SSSR count). The summed E-state index contributed by atoms with van der Waals surface area (Å²) in [6.07, 6.45) is 1.92. The largest absolute Gasteiger partial charge is 0.373 e. The number of rotatable bonds is 5. The second-order valence-corrected chi connectivity index (χ2v) is 7.55. The van der Waals surface area contributed by atoms with E-state index in [1.165, 1.54) is 0 Å². The molecule has 1 aromatic carbocycles. The van der Waals surface area contributed by atoms with E-state index in [-0.39, 0.29) is 11.8 Å². The Kier molecular flexibility index (Phi) is 5.42. The van der Waals surface area contributed by atoms with Crippen molar-refractivity contribution < 1.29 is 9.90 Å². The Balaban J connectivity index is 1.47. The summed E-state index contributed by atoms with van der Waals surface area (Å²) < 4.78 is 0. The minimum atomic E-state index is -1.04. The molecule has 0 aliphatic carbocycles. The van der Waals surface area contributed by atoms with Gasteiger partial charge in [0, 0.05) is 25.4 Å². The number of hydrogen-bond acceptors (Lipinski definition) is 5. The van der Waals surface area contributed by atoms with Crippen molar-refractivity contribution in [1.82, 2.24) is 20.5 Å². The molecule has 0 saturated carbocycles. The maximum Gasteiger partial charge on any atom is 0.245 e. The van der Waals surface area contributed by atoms with Gasteiger partial charge in [-0.3, -0.25) is 20.1 Å². The second-order valence-electron chi connectivity index (χ2n) is 7.55. The van der Waals surface area contributed by atoms with Crippen LogP contribution in [0.1, 0.15) is 48.0 Å². The average molecular weight is 391 g/mol. The number of benzene rings is 1. The van der Waals surface area contributed by atoms with E-state index in [1.807, 2.05) is 48.5 Å². The Morgan fingerprint density at radius 1 is 1.28 bits per heavy atom. The van der Waals surface area contributed by atoms with Gasteiger partial charge < -0.3 is 5.11 Å². The number of carbonyl (C=O) groups excluding carboxylic acids is 1. The molecule has 1 aliphatic heterocycles. The van der Waals surface area contributed by atoms with Gasteiger partial charge in [-0.05, 0) is 35.6 Å². The lowest BCUT2D eigenvalue weighted by Gasteiger charge is -2.23. The van der Waals surface area contributed by atoms with Crippen LogP contribution < -0.4 is 10.2 Å². The van der Waals surface area contributed by atoms with E-state index in [0.29, 0.717) is 24.4 Å². The molecule has 150 valence electrons. The number of H-pyrrole nitrogens is 1. The fourth-order valence-corrected chi connectivity index (χ4v) is 3.83. The van der Waals surface area contributed by atoms with E-state index in [9.17, 15) is 9.90 Å². The van der Waals surface area contributed by atoms with Crippen LogP contribution in [-0.2, 0) is 11.2 Å². The monoisotopic (exact) mass is 391 g/mol. The van der Waals surface area contributed by atoms with Gasteiger partial charge in [0.25, 0.3) is 0 Å². The summed E-state index contributed by atoms with van der Waals surface area (Å²) in [6.45, 7) is 2.07. The Hall–Kier alpha value is -3.03. The van der Waals surface area contributed by atoms with Crippen molar-refractivity contribution in [3.63, 3.8) is 0 Å². The minimum Gasteiger partial charge on any atom is -0.373 e. The van der Waals surface area contributed by atoms with E-state index in [1.54, 1.807) is 18.1 Å². The van der Waals surface area contributed by atoms with Gasteiger partial charge >= 0.3 is 0 Å². The first-order valence-electron chi connectivity index (χ1n) is 9.77. The van der Waals surface area contributed by atoms with Crippen molar-refractivity contribution in [1.29, 1.82) is 0 Å². The highest BCUT2D eigenvalue weighted by molar-refractivity contribution is 5.97. The number of carbonyl (C=O) groups is 1. The molecular formula is C22H25N5O2. The van der Waals surface area contributed by atoms with Crippen molar-refractivity contribution in [3.05, 3.63) is 77.2 Å². The Labute approximate surface area is 169 Å². The summed E-state index contributed by atoms with van der Waals surface area (Å²) in [7, 11) is 1.72. The van der Waals surface area contributed by atoms with Crippen molar-refractivity contribution in [2.24, 2.45) is 0 Å². The molecule has 3 heterocycles. The number of aromatic amines is 1. The van der Waals surface area contributed by atoms with Crippen LogP contribution in [0.25, 0.3) is 0 Å². The number of anilines is 1. The first-order chi connectivity index (χ1) is 14.0. The average Bonchev–Trinajstić information content (AvgIpc) is 3.18. The summed E-state index contributed by atoms with van der Waals surface area (Å²) in [6, 6.07) is 15.2. The molecular weight excluding hydrogens is 366 g/mol. The van der Waals surface area contributed by atoms with Crippen molar-refractivity contribution in [2.75, 3.05) is 11.9 Å². The van der Waals surface area contributed by atoms with E-state index in [0.717, 1.165) is 16.8 Å². The molecule has 1 aliphatic rings. The maximum atomic E-state index is 13.0. The Morgan fingerprint density at radius 3 is 2.86 bits per heavy atom. The van der Waals surface area contributed by atoms with Gasteiger partial charge in [0.1, 0.15) is 11.5 Å². The highest BCUT2D eigenvalue weighted by Crippen LogP contribution is 2.32. The van der Waals surface area contributed by atoms with Gasteiger partial charge in [0.15, 0.2) is 6.23 Å². The van der Waals surface area contributed by atoms with E-state index in [2.05, 4.69) is 27.4 Å². The summed E-state index contributed by atoms with van der Waals surface area (Å²) in [4.78, 5) is 18.9. The van der Waals surface area contributed by atoms with Crippen LogP contribution in [-0.4, -0.2) is 39.3 Å². The molecule has 1 amide bonds. The fourth-order valence-electron chi connectivity index (χ4n) is 3.83. The lowest BCUT2D eigenvalue weighted by Crippen LogP contribution is -2.46. The molecule has 1 unspecified atom stereocenters. The second kappa shape index (κ2) is 8.14. The molecule has 7 nitrogen and oxygen atoms in total. The van der Waals surface area contributed by atoms with Crippen LogP contribution >= 0.6 is 0 Å². The first-order valence-corrected chi connectivity index (χ1v) is 9.77. The van der Waals surface area contributed by atoms with Gasteiger partial charge in [-0.2, -0.15) is 5.10 Å². The smallest absolute Gasteiger partial charge is 0.245 e. The third kappa shape index (κ3) is 4.06. The standard InChI is InChI=1S/C22H25N5O2/c1-14-11-19(22(29)27(2)20-17(14)9-6-10-23-20)24-21(28)18-13-16(25-26-18)12-15-7-4-3-5-8-15/h3-10,13-14,19,21,24,28H,11-12H2,1-2H3,(H,25,26)/t14-,19+,21?/m0/s1. The van der Waals surface area contributed by atoms with Crippen LogP contribution in [0.4, 0.5) is 5.82 Å². The van der Waals surface area contributed by atoms with Gasteiger partial charge in [0.05, 0.1) is 6.04 Å². The number of aliphatic hydroxyl groups is 1. The van der Waals surface area contributed by atoms with Crippen LogP contribution in [0.15, 0.2) is 54.7 Å². The van der Waals surface area contributed by atoms with E-state index < -0.39 is 12.3 Å². The summed E-state index contributed by atoms with van der Waals surface area (Å²) >= 11 is 0. The molecule has 3 N–H and O–H groups in total. The van der Waals surface area contributed by atoms with Crippen molar-refractivity contribution >= 4 is 11.7 Å². The van der Waals surface area contributed by atoms with Gasteiger partial charge in [-0.25, -0.2) is 4.98 Å². The number of nitrogens with zero attached hydrogens (tertiary/aromatic N) is 3. The molecule has 0 radical (unpaired) electrons. The highest BCUT2D eigenvalue weighted by atomic mass is 16.3. The van der Waals surface area contributed by atoms with Crippen LogP contribution in [0, 0.1) is 0 Å². The molecule has 7 heteroatoms. The van der Waals surface area contributed by atoms with Gasteiger partial charge in [0.2, 0.25) is 5.91 Å². The molecule has 3 aromatic rings. The topological polar surface area (TPSA) is 94.1 Å². The van der Waals surface area contributed by atoms with Crippen molar-refractivity contribution in [2.45, 2.75) is 38.0 Å². The van der Waals surface area contributed by atoms with E-state index >= 15 is 0 Å². The summed E-state index contributed by atoms with van der Waals surface area (Å²) in [5.74, 6) is 0.687. The molecule has 3 atom stereocenters. The number of hydrogen-bond donors (Lipinski definition) is 3. The zero-order valence-electron chi connectivity index (χ0n) is 16.5. The quantitative estimate of drug-likeness (QED) is 0.581. The maximum absolute atomic E-state index is 13.0. The SMILES string of the molecule is C[C@H]1C[C@@H](NC(O)c2cc(Cc3ccccc3)[nH]n2)C(=O)N(C)c2ncccc21. The molecule has 0 spiro atoms. The third-order valence-electron chi connectivity index (χ3n) is 5.41. The molecule has 2 aromatic heterocycles. The lowest BCUT2D eigenvalue weighted by molar-refractivity contribution is -0.121. The van der Waals surface area contributed by atoms with Crippen LogP contribution in [0.3, 0.4) is 0 Å². The minimum absolute atomic E-state index is 0.117. The zero-order chi connectivity index (χ0) is 20.4. The van der Waals surface area contributed by atoms with Crippen LogP contribution in [0.5, 0.6) is 0 Å². The number of nitrogens with one attached hydrogen (secondary N) is 2. The number of amides is 1. The molecule has 29 heavy (non-hydrogen) atoms. The predicted molar refractivity (Wildman–Crippen MR) is 110 cm³/mol. The number of pyridine rings is 1. The Bertz CT molecular complexity index is 988. The highest BCUT2D eigenvalue weighted by Gasteiger charge is 2.33. The Morgan fingerprint density at radius 2 is 2.07 bits per heavy atom. The normalized spacial score (nSPS) is 20.2. The van der Waals surface area contributed by atoms with E-state index in [4.69, 9.17) is 0 Å². The van der Waals surface area contributed by atoms with Crippen LogP contribution in [0.2, 0.25) is 0 Å². The molecule has 0 bridgehead atoms. The zero-order valence-corrected chi connectivity index (χ0v) is 16.5. The summed E-state index contributed by atoms with van der Waals surface area (Å²) in [5, 5.41) is 20.9. The van der Waals surface area contributed by atoms with Gasteiger partial charge in [-0.1, -0.05) is 43.3 Å². The number of aromatic nitrogens is 3. The number of likely N-dealkylation sites (N-methyl/N-ethyl adjacent to an activating group) is 1. The molecule has 0 fully saturated rings. The number of aliphatic hydroxyl groups excluding tert-OH is 1. The van der Waals surface area contributed by atoms with Crippen molar-refractivity contribution in [3.8, 4) is 0 Å². The molecule has 0 saturated heterocycles. The predicted octanol–water partition coefficient (Wildman–Crippen LogP) is 2.51. The summed E-state index contributed by atoms with van der Waals surface area (Å²) in [5.41, 5.74) is 3.57. The third-order valence-corrected chi connectivity index (χ3v) is 5.41. The van der Waals surface area contributed by atoms with Gasteiger partial charge in [-0.15, -0.1) is 0 Å². The number of fused-ring (bicyclic) bond motifs is 1. The fraction of sp³-hybridized carbons (Fsp3) is 0.318.